The highest BCUT2D eigenvalue weighted by Gasteiger charge is 2.35. The highest BCUT2D eigenvalue weighted by Crippen LogP contribution is 2.29. The van der Waals surface area contributed by atoms with Crippen molar-refractivity contribution in [2.24, 2.45) is 0 Å². The van der Waals surface area contributed by atoms with E-state index in [1.165, 1.54) is 4.31 Å². The van der Waals surface area contributed by atoms with E-state index in [4.69, 9.17) is 0 Å². The molecule has 1 N–H and O–H groups in total. The lowest BCUT2D eigenvalue weighted by Crippen LogP contribution is -2.53. The third kappa shape index (κ3) is 7.21. The summed E-state index contributed by atoms with van der Waals surface area (Å²) in [5.41, 5.74) is 4.14. The lowest BCUT2D eigenvalue weighted by atomic mass is 10.1. The van der Waals surface area contributed by atoms with Crippen LogP contribution >= 0.6 is 0 Å². The molecule has 2 amide bonds. The lowest BCUT2D eigenvalue weighted by molar-refractivity contribution is -0.140. The fraction of sp³-hybridized carbons (Fsp3) is 0.412. The minimum atomic E-state index is -4.10. The molecule has 42 heavy (non-hydrogen) atoms. The van der Waals surface area contributed by atoms with E-state index in [9.17, 15) is 18.0 Å². The Bertz CT molecular complexity index is 1480. The van der Waals surface area contributed by atoms with Crippen LogP contribution in [0.3, 0.4) is 0 Å². The van der Waals surface area contributed by atoms with Gasteiger partial charge in [-0.3, -0.25) is 13.9 Å². The van der Waals surface area contributed by atoms with Crippen LogP contribution in [0.15, 0.2) is 77.7 Å². The molecule has 0 heterocycles. The summed E-state index contributed by atoms with van der Waals surface area (Å²) >= 11 is 0. The molecule has 3 aromatic rings. The molecule has 1 fully saturated rings. The Hall–Kier alpha value is -3.65. The molecule has 1 aliphatic carbocycles. The maximum absolute atomic E-state index is 14.4. The smallest absolute Gasteiger partial charge is 0.264 e. The lowest BCUT2D eigenvalue weighted by Gasteiger charge is -2.34. The Kier molecular flexibility index (Phi) is 10.4. The molecule has 224 valence electrons. The van der Waals surface area contributed by atoms with E-state index in [2.05, 4.69) is 5.32 Å². The topological polar surface area (TPSA) is 86.8 Å². The predicted molar refractivity (Wildman–Crippen MR) is 168 cm³/mol. The van der Waals surface area contributed by atoms with Crippen molar-refractivity contribution in [2.45, 2.75) is 89.7 Å². The van der Waals surface area contributed by atoms with Gasteiger partial charge in [-0.05, 0) is 74.4 Å². The first-order chi connectivity index (χ1) is 20.1. The second kappa shape index (κ2) is 14.0. The Morgan fingerprint density at radius 2 is 1.50 bits per heavy atom. The summed E-state index contributed by atoms with van der Waals surface area (Å²) in [4.78, 5) is 29.7. The minimum absolute atomic E-state index is 0.108. The van der Waals surface area contributed by atoms with E-state index < -0.39 is 28.5 Å². The van der Waals surface area contributed by atoms with Crippen molar-refractivity contribution < 1.29 is 18.0 Å². The molecular formula is C34H43N3O4S. The van der Waals surface area contributed by atoms with Gasteiger partial charge in [0.2, 0.25) is 11.8 Å². The normalized spacial score (nSPS) is 14.4. The number of carbonyl (C=O) groups excluding carboxylic acids is 2. The zero-order valence-corrected chi connectivity index (χ0v) is 26.0. The first-order valence-electron chi connectivity index (χ1n) is 15.0. The van der Waals surface area contributed by atoms with Crippen molar-refractivity contribution in [1.29, 1.82) is 0 Å². The van der Waals surface area contributed by atoms with Crippen LogP contribution in [0.4, 0.5) is 5.69 Å². The molecule has 7 nitrogen and oxygen atoms in total. The van der Waals surface area contributed by atoms with Gasteiger partial charge in [0.15, 0.2) is 0 Å². The summed E-state index contributed by atoms with van der Waals surface area (Å²) in [6, 6.07) is 21.1. The molecule has 0 saturated heterocycles. The second-order valence-corrected chi connectivity index (χ2v) is 13.0. The van der Waals surface area contributed by atoms with Gasteiger partial charge in [0.25, 0.3) is 10.0 Å². The first kappa shape index (κ1) is 31.3. The van der Waals surface area contributed by atoms with Crippen LogP contribution in [-0.4, -0.2) is 43.8 Å². The quantitative estimate of drug-likeness (QED) is 0.284. The number of carbonyl (C=O) groups is 2. The molecule has 0 bridgehead atoms. The number of hydrogen-bond acceptors (Lipinski definition) is 4. The molecule has 0 radical (unpaired) electrons. The van der Waals surface area contributed by atoms with Crippen LogP contribution in [0, 0.1) is 13.8 Å². The number of rotatable bonds is 12. The molecule has 1 atom stereocenters. The monoisotopic (exact) mass is 589 g/mol. The van der Waals surface area contributed by atoms with Crippen molar-refractivity contribution >= 4 is 27.5 Å². The van der Waals surface area contributed by atoms with Crippen molar-refractivity contribution in [3.63, 3.8) is 0 Å². The fourth-order valence-corrected chi connectivity index (χ4v) is 7.11. The molecule has 0 aliphatic heterocycles. The molecule has 0 aromatic heterocycles. The average Bonchev–Trinajstić information content (AvgIpc) is 3.49. The zero-order chi connectivity index (χ0) is 30.3. The van der Waals surface area contributed by atoms with Gasteiger partial charge >= 0.3 is 0 Å². The van der Waals surface area contributed by atoms with E-state index in [1.54, 1.807) is 41.3 Å². The Morgan fingerprint density at radius 3 is 2.12 bits per heavy atom. The second-order valence-electron chi connectivity index (χ2n) is 11.2. The highest BCUT2D eigenvalue weighted by molar-refractivity contribution is 7.92. The number of para-hydroxylation sites is 1. The van der Waals surface area contributed by atoms with Crippen LogP contribution in [0.2, 0.25) is 0 Å². The van der Waals surface area contributed by atoms with Gasteiger partial charge in [-0.1, -0.05) is 86.8 Å². The van der Waals surface area contributed by atoms with Crippen LogP contribution in [-0.2, 0) is 32.6 Å². The summed E-state index contributed by atoms with van der Waals surface area (Å²) in [5.74, 6) is -0.610. The van der Waals surface area contributed by atoms with Crippen molar-refractivity contribution in [3.8, 4) is 0 Å². The van der Waals surface area contributed by atoms with Crippen LogP contribution < -0.4 is 9.62 Å². The number of nitrogens with one attached hydrogen (secondary N) is 1. The number of anilines is 1. The molecule has 1 aliphatic rings. The molecular weight excluding hydrogens is 546 g/mol. The summed E-state index contributed by atoms with van der Waals surface area (Å²) < 4.78 is 29.5. The van der Waals surface area contributed by atoms with Gasteiger partial charge in [0.1, 0.15) is 12.6 Å². The van der Waals surface area contributed by atoms with Crippen molar-refractivity contribution in [1.82, 2.24) is 10.2 Å². The molecule has 1 saturated carbocycles. The SMILES string of the molecule is CCc1ccccc1N(CC(=O)N(Cc1ccccc1C)C(CC)C(=O)NC1CCCC1)S(=O)(=O)c1ccc(C)cc1. The third-order valence-electron chi connectivity index (χ3n) is 8.22. The molecule has 4 rings (SSSR count). The third-order valence-corrected chi connectivity index (χ3v) is 9.99. The van der Waals surface area contributed by atoms with Crippen LogP contribution in [0.5, 0.6) is 0 Å². The van der Waals surface area contributed by atoms with E-state index in [1.807, 2.05) is 64.1 Å². The Labute approximate surface area is 251 Å². The number of hydrogen-bond donors (Lipinski definition) is 1. The molecule has 0 spiro atoms. The fourth-order valence-electron chi connectivity index (χ4n) is 5.66. The van der Waals surface area contributed by atoms with Gasteiger partial charge in [0, 0.05) is 12.6 Å². The maximum atomic E-state index is 14.4. The van der Waals surface area contributed by atoms with Gasteiger partial charge in [-0.2, -0.15) is 0 Å². The van der Waals surface area contributed by atoms with Crippen molar-refractivity contribution in [3.05, 3.63) is 95.1 Å². The number of sulfonamides is 1. The predicted octanol–water partition coefficient (Wildman–Crippen LogP) is 5.93. The standard InChI is InChI=1S/C34H43N3O4S/c1-5-27-14-9-12-18-32(27)37(42(40,41)30-21-19-25(3)20-22-30)24-33(38)36(23-28-15-8-7-13-26(28)4)31(6-2)34(39)35-29-16-10-11-17-29/h7-9,12-15,18-22,29,31H,5-6,10-11,16-17,23-24H2,1-4H3,(H,35,39). The van der Waals surface area contributed by atoms with E-state index in [-0.39, 0.29) is 23.4 Å². The number of amides is 2. The minimum Gasteiger partial charge on any atom is -0.352 e. The Balaban J connectivity index is 1.75. The van der Waals surface area contributed by atoms with Gasteiger partial charge in [-0.15, -0.1) is 0 Å². The number of benzene rings is 3. The average molecular weight is 590 g/mol. The molecule has 8 heteroatoms. The van der Waals surface area contributed by atoms with Crippen molar-refractivity contribution in [2.75, 3.05) is 10.8 Å². The van der Waals surface area contributed by atoms with E-state index in [0.717, 1.165) is 47.9 Å². The molecule has 1 unspecified atom stereocenters. The Morgan fingerprint density at radius 1 is 0.881 bits per heavy atom. The largest absolute Gasteiger partial charge is 0.352 e. The van der Waals surface area contributed by atoms with Crippen LogP contribution in [0.25, 0.3) is 0 Å². The summed E-state index contributed by atoms with van der Waals surface area (Å²) in [5, 5.41) is 3.17. The van der Waals surface area contributed by atoms with Gasteiger partial charge < -0.3 is 10.2 Å². The van der Waals surface area contributed by atoms with Gasteiger partial charge in [0.05, 0.1) is 10.6 Å². The summed E-state index contributed by atoms with van der Waals surface area (Å²) in [6.07, 6.45) is 5.03. The zero-order valence-electron chi connectivity index (χ0n) is 25.2. The first-order valence-corrected chi connectivity index (χ1v) is 16.4. The maximum Gasteiger partial charge on any atom is 0.264 e. The van der Waals surface area contributed by atoms with E-state index >= 15 is 0 Å². The van der Waals surface area contributed by atoms with Gasteiger partial charge in [-0.25, -0.2) is 8.42 Å². The molecule has 3 aromatic carbocycles. The summed E-state index contributed by atoms with van der Waals surface area (Å²) in [7, 11) is -4.10. The summed E-state index contributed by atoms with van der Waals surface area (Å²) in [6.45, 7) is 7.51. The number of nitrogens with zero attached hydrogens (tertiary/aromatic N) is 2. The van der Waals surface area contributed by atoms with Crippen LogP contribution in [0.1, 0.15) is 68.2 Å². The highest BCUT2D eigenvalue weighted by atomic mass is 32.2. The van der Waals surface area contributed by atoms with E-state index in [0.29, 0.717) is 18.5 Å². The number of aryl methyl sites for hydroxylation is 3.